The average molecular weight is 522 g/mol. The van der Waals surface area contributed by atoms with Crippen molar-refractivity contribution in [2.75, 3.05) is 33.0 Å². The first-order chi connectivity index (χ1) is 18.6. The van der Waals surface area contributed by atoms with Crippen LogP contribution in [0.3, 0.4) is 0 Å². The van der Waals surface area contributed by atoms with E-state index in [4.69, 9.17) is 9.47 Å². The molecule has 0 aliphatic carbocycles. The first kappa shape index (κ1) is 25.8. The number of nitrogens with zero attached hydrogens (tertiary/aromatic N) is 1. The molecule has 0 atom stereocenters. The molecule has 0 saturated carbocycles. The average Bonchev–Trinajstić information content (AvgIpc) is 2.95. The lowest BCUT2D eigenvalue weighted by atomic mass is 9.88. The second-order valence-corrected chi connectivity index (χ2v) is 10.5. The van der Waals surface area contributed by atoms with Crippen molar-refractivity contribution in [3.63, 3.8) is 0 Å². The lowest BCUT2D eigenvalue weighted by Crippen LogP contribution is -2.19. The maximum Gasteiger partial charge on any atom is 0.343 e. The molecule has 192 valence electrons. The van der Waals surface area contributed by atoms with E-state index in [0.29, 0.717) is 17.9 Å². The highest BCUT2D eigenvalue weighted by Crippen LogP contribution is 2.43. The van der Waals surface area contributed by atoms with Crippen LogP contribution < -0.4 is 9.47 Å². The van der Waals surface area contributed by atoms with Gasteiger partial charge in [0.15, 0.2) is 0 Å². The molecule has 0 radical (unpaired) electrons. The monoisotopic (exact) mass is 521 g/mol. The Kier molecular flexibility index (Phi) is 8.27. The van der Waals surface area contributed by atoms with Crippen LogP contribution in [0.5, 0.6) is 11.5 Å². The number of likely N-dealkylation sites (N-methyl/N-ethyl adjacent to an activating group) is 1. The largest absolute Gasteiger partial charge is 0.492 e. The number of carbonyl (C=O) groups excluding carboxylic acids is 1. The highest BCUT2D eigenvalue weighted by Gasteiger charge is 2.20. The predicted octanol–water partition coefficient (Wildman–Crippen LogP) is 7.30. The van der Waals surface area contributed by atoms with Gasteiger partial charge in [0.1, 0.15) is 18.1 Å². The summed E-state index contributed by atoms with van der Waals surface area (Å²) in [5.74, 6) is 2.06. The van der Waals surface area contributed by atoms with E-state index in [1.165, 1.54) is 21.6 Å². The van der Waals surface area contributed by atoms with Crippen molar-refractivity contribution in [1.82, 2.24) is 4.90 Å². The van der Waals surface area contributed by atoms with Gasteiger partial charge in [-0.1, -0.05) is 60.7 Å². The molecule has 0 amide bonds. The Hall–Kier alpha value is -3.80. The third-order valence-corrected chi connectivity index (χ3v) is 7.51. The first-order valence-electron chi connectivity index (χ1n) is 12.8. The van der Waals surface area contributed by atoms with Crippen LogP contribution in [-0.2, 0) is 0 Å². The molecule has 5 heteroatoms. The van der Waals surface area contributed by atoms with Crippen LogP contribution in [0.15, 0.2) is 108 Å². The number of thioether (sulfide) groups is 1. The standard InChI is InChI=1S/C33H31NO3S/c1-34(2)21-22-36-27-16-12-24(13-17-27)32(30-20-23-38-31-11-7-6-10-29(30)31)25-14-18-28(19-15-25)37-33(35)26-8-4-3-5-9-26/h3-19H,20-23H2,1-2H3. The van der Waals surface area contributed by atoms with Crippen LogP contribution in [0.4, 0.5) is 0 Å². The zero-order valence-electron chi connectivity index (χ0n) is 21.7. The summed E-state index contributed by atoms with van der Waals surface area (Å²) in [6, 6.07) is 33.9. The summed E-state index contributed by atoms with van der Waals surface area (Å²) < 4.78 is 11.6. The minimum absolute atomic E-state index is 0.361. The topological polar surface area (TPSA) is 38.8 Å². The maximum absolute atomic E-state index is 12.5. The molecule has 4 aromatic rings. The fourth-order valence-electron chi connectivity index (χ4n) is 4.51. The van der Waals surface area contributed by atoms with Gasteiger partial charge in [-0.25, -0.2) is 4.79 Å². The minimum atomic E-state index is -0.361. The van der Waals surface area contributed by atoms with Crippen molar-refractivity contribution in [3.05, 3.63) is 125 Å². The summed E-state index contributed by atoms with van der Waals surface area (Å²) in [6.07, 6.45) is 0.975. The van der Waals surface area contributed by atoms with Gasteiger partial charge in [0, 0.05) is 17.2 Å². The summed E-state index contributed by atoms with van der Waals surface area (Å²) in [4.78, 5) is 16.0. The number of esters is 1. The second-order valence-electron chi connectivity index (χ2n) is 9.40. The molecule has 4 nitrogen and oxygen atoms in total. The predicted molar refractivity (Wildman–Crippen MR) is 156 cm³/mol. The van der Waals surface area contributed by atoms with Crippen molar-refractivity contribution < 1.29 is 14.3 Å². The molecule has 1 aliphatic rings. The summed E-state index contributed by atoms with van der Waals surface area (Å²) in [6.45, 7) is 1.51. The van der Waals surface area contributed by atoms with Crippen LogP contribution in [-0.4, -0.2) is 43.9 Å². The van der Waals surface area contributed by atoms with Crippen molar-refractivity contribution in [2.24, 2.45) is 0 Å². The third-order valence-electron chi connectivity index (χ3n) is 6.44. The number of ether oxygens (including phenoxy) is 2. The van der Waals surface area contributed by atoms with Gasteiger partial charge in [0.05, 0.1) is 5.56 Å². The Morgan fingerprint density at radius 1 is 0.763 bits per heavy atom. The molecule has 0 saturated heterocycles. The molecule has 0 aromatic heterocycles. The van der Waals surface area contributed by atoms with E-state index in [9.17, 15) is 4.79 Å². The van der Waals surface area contributed by atoms with Gasteiger partial charge in [-0.3, -0.25) is 0 Å². The van der Waals surface area contributed by atoms with E-state index in [1.54, 1.807) is 12.1 Å². The summed E-state index contributed by atoms with van der Waals surface area (Å²) in [7, 11) is 4.08. The molecule has 0 bridgehead atoms. The smallest absolute Gasteiger partial charge is 0.343 e. The van der Waals surface area contributed by atoms with Crippen LogP contribution in [0.25, 0.3) is 11.1 Å². The van der Waals surface area contributed by atoms with Gasteiger partial charge in [-0.15, -0.1) is 11.8 Å². The molecule has 0 spiro atoms. The summed E-state index contributed by atoms with van der Waals surface area (Å²) in [5, 5.41) is 0. The SMILES string of the molecule is CN(C)CCOc1ccc(C(=C2CCSc3ccccc32)c2ccc(OC(=O)c3ccccc3)cc2)cc1. The number of benzene rings is 4. The molecule has 4 aromatic carbocycles. The molecule has 5 rings (SSSR count). The highest BCUT2D eigenvalue weighted by molar-refractivity contribution is 7.99. The highest BCUT2D eigenvalue weighted by atomic mass is 32.2. The number of rotatable bonds is 8. The van der Waals surface area contributed by atoms with Crippen LogP contribution >= 0.6 is 11.8 Å². The molecule has 0 N–H and O–H groups in total. The third kappa shape index (κ3) is 6.18. The van der Waals surface area contributed by atoms with Gasteiger partial charge in [-0.05, 0) is 90.8 Å². The summed E-state index contributed by atoms with van der Waals surface area (Å²) >= 11 is 1.91. The zero-order chi connectivity index (χ0) is 26.3. The van der Waals surface area contributed by atoms with Crippen molar-refractivity contribution >= 4 is 28.9 Å². The molecule has 1 heterocycles. The molecular formula is C33H31NO3S. The Balaban J connectivity index is 1.48. The van der Waals surface area contributed by atoms with E-state index >= 15 is 0 Å². The summed E-state index contributed by atoms with van der Waals surface area (Å²) in [5.41, 5.74) is 6.56. The number of carbonyl (C=O) groups is 1. The normalized spacial score (nSPS) is 14.1. The van der Waals surface area contributed by atoms with E-state index in [0.717, 1.165) is 35.6 Å². The zero-order valence-corrected chi connectivity index (χ0v) is 22.5. The van der Waals surface area contributed by atoms with Crippen molar-refractivity contribution in [2.45, 2.75) is 11.3 Å². The van der Waals surface area contributed by atoms with E-state index < -0.39 is 0 Å². The lowest BCUT2D eigenvalue weighted by molar-refractivity contribution is 0.0734. The number of fused-ring (bicyclic) bond motifs is 1. The second kappa shape index (κ2) is 12.2. The van der Waals surface area contributed by atoms with Gasteiger partial charge in [0.2, 0.25) is 0 Å². The maximum atomic E-state index is 12.5. The molecule has 38 heavy (non-hydrogen) atoms. The fourth-order valence-corrected chi connectivity index (χ4v) is 5.56. The van der Waals surface area contributed by atoms with Gasteiger partial charge in [-0.2, -0.15) is 0 Å². The van der Waals surface area contributed by atoms with Crippen LogP contribution in [0, 0.1) is 0 Å². The van der Waals surface area contributed by atoms with E-state index in [2.05, 4.69) is 41.3 Å². The van der Waals surface area contributed by atoms with Gasteiger partial charge in [0.25, 0.3) is 0 Å². The number of hydrogen-bond acceptors (Lipinski definition) is 5. The minimum Gasteiger partial charge on any atom is -0.492 e. The van der Waals surface area contributed by atoms with E-state index in [-0.39, 0.29) is 5.97 Å². The number of hydrogen-bond donors (Lipinski definition) is 0. The van der Waals surface area contributed by atoms with Gasteiger partial charge < -0.3 is 14.4 Å². The van der Waals surface area contributed by atoms with Crippen molar-refractivity contribution in [1.29, 1.82) is 0 Å². The lowest BCUT2D eigenvalue weighted by Gasteiger charge is -2.23. The van der Waals surface area contributed by atoms with E-state index in [1.807, 2.05) is 80.5 Å². The Morgan fingerprint density at radius 3 is 2.08 bits per heavy atom. The van der Waals surface area contributed by atoms with Crippen LogP contribution in [0.1, 0.15) is 33.5 Å². The molecule has 0 fully saturated rings. The number of allylic oxidation sites excluding steroid dienone is 1. The molecule has 0 unspecified atom stereocenters. The quantitative estimate of drug-likeness (QED) is 0.180. The first-order valence-corrected chi connectivity index (χ1v) is 13.8. The molecule has 1 aliphatic heterocycles. The van der Waals surface area contributed by atoms with Gasteiger partial charge >= 0.3 is 5.97 Å². The Morgan fingerprint density at radius 2 is 1.39 bits per heavy atom. The van der Waals surface area contributed by atoms with Crippen LogP contribution in [0.2, 0.25) is 0 Å². The van der Waals surface area contributed by atoms with Crippen molar-refractivity contribution in [3.8, 4) is 11.5 Å². The Labute approximate surface area is 228 Å². The molecular weight excluding hydrogens is 490 g/mol. The Bertz CT molecular complexity index is 1410. The fraction of sp³-hybridized carbons (Fsp3) is 0.182.